The largest absolute Gasteiger partial charge is 0.384 e. The zero-order chi connectivity index (χ0) is 6.69. The van der Waals surface area contributed by atoms with Crippen molar-refractivity contribution in [3.63, 3.8) is 0 Å². The molecule has 0 aromatic heterocycles. The first-order chi connectivity index (χ1) is 4.33. The highest BCUT2D eigenvalue weighted by Crippen LogP contribution is 1.90. The maximum absolute atomic E-state index is 10.5. The van der Waals surface area contributed by atoms with Crippen molar-refractivity contribution in [2.45, 2.75) is 13.3 Å². The maximum Gasteiger partial charge on any atom is 0.266 e. The van der Waals surface area contributed by atoms with Crippen LogP contribution in [0.5, 0.6) is 0 Å². The normalized spacial score (nSPS) is 17.9. The van der Waals surface area contributed by atoms with Crippen LogP contribution in [0.15, 0.2) is 5.16 Å². The van der Waals surface area contributed by atoms with E-state index in [4.69, 9.17) is 0 Å². The summed E-state index contributed by atoms with van der Waals surface area (Å²) in [5.74, 6) is 0.480. The Morgan fingerprint density at radius 2 is 2.67 bits per heavy atom. The van der Waals surface area contributed by atoms with Gasteiger partial charge in [0.05, 0.1) is 0 Å². The molecule has 50 valence electrons. The highest BCUT2D eigenvalue weighted by molar-refractivity contribution is 5.99. The van der Waals surface area contributed by atoms with Crippen molar-refractivity contribution in [3.8, 4) is 0 Å². The predicted molar refractivity (Wildman–Crippen MR) is 31.8 cm³/mol. The summed E-state index contributed by atoms with van der Waals surface area (Å²) in [6.07, 6.45) is 0.700. The Hall–Kier alpha value is -1.06. The van der Waals surface area contributed by atoms with Gasteiger partial charge < -0.3 is 10.2 Å². The van der Waals surface area contributed by atoms with E-state index >= 15 is 0 Å². The van der Waals surface area contributed by atoms with Crippen LogP contribution in [0.25, 0.3) is 0 Å². The fourth-order valence-corrected chi connectivity index (χ4v) is 0.542. The minimum absolute atomic E-state index is 0.0451. The van der Waals surface area contributed by atoms with Gasteiger partial charge in [-0.15, -0.1) is 0 Å². The highest BCUT2D eigenvalue weighted by atomic mass is 16.6. The number of rotatable bonds is 1. The van der Waals surface area contributed by atoms with E-state index in [0.717, 1.165) is 0 Å². The Labute approximate surface area is 52.9 Å². The van der Waals surface area contributed by atoms with Crippen molar-refractivity contribution in [2.24, 2.45) is 5.16 Å². The first kappa shape index (κ1) is 6.07. The average Bonchev–Trinajstić information content (AvgIpc) is 1.88. The van der Waals surface area contributed by atoms with E-state index in [1.165, 1.54) is 0 Å². The van der Waals surface area contributed by atoms with Gasteiger partial charge in [0, 0.05) is 6.42 Å². The topological polar surface area (TPSA) is 50.7 Å². The second-order valence-corrected chi connectivity index (χ2v) is 1.71. The summed E-state index contributed by atoms with van der Waals surface area (Å²) in [6.45, 7) is 1.94. The van der Waals surface area contributed by atoms with Gasteiger partial charge >= 0.3 is 0 Å². The summed E-state index contributed by atoms with van der Waals surface area (Å²) in [5, 5.41) is 6.14. The zero-order valence-electron chi connectivity index (χ0n) is 5.18. The van der Waals surface area contributed by atoms with E-state index in [1.807, 2.05) is 6.92 Å². The summed E-state index contributed by atoms with van der Waals surface area (Å²) < 4.78 is 0. The third-order valence-electron chi connectivity index (χ3n) is 0.989. The molecule has 0 saturated heterocycles. The van der Waals surface area contributed by atoms with Gasteiger partial charge in [-0.25, -0.2) is 0 Å². The molecule has 0 bridgehead atoms. The number of oxime groups is 1. The van der Waals surface area contributed by atoms with Crippen LogP contribution in [-0.4, -0.2) is 18.3 Å². The third-order valence-corrected chi connectivity index (χ3v) is 0.989. The number of carbonyl (C=O) groups excluding carboxylic acids is 1. The molecule has 4 nitrogen and oxygen atoms in total. The van der Waals surface area contributed by atoms with Crippen molar-refractivity contribution < 1.29 is 9.63 Å². The van der Waals surface area contributed by atoms with E-state index in [9.17, 15) is 4.79 Å². The molecular formula is C5H8N2O2. The van der Waals surface area contributed by atoms with Crippen molar-refractivity contribution in [3.05, 3.63) is 0 Å². The molecule has 0 fully saturated rings. The minimum atomic E-state index is -0.123. The second-order valence-electron chi connectivity index (χ2n) is 1.71. The lowest BCUT2D eigenvalue weighted by atomic mass is 10.4. The molecule has 0 aromatic rings. The molecule has 1 heterocycles. The third kappa shape index (κ3) is 1.42. The van der Waals surface area contributed by atoms with Crippen LogP contribution in [0.4, 0.5) is 0 Å². The monoisotopic (exact) mass is 128 g/mol. The van der Waals surface area contributed by atoms with E-state index in [0.29, 0.717) is 12.3 Å². The van der Waals surface area contributed by atoms with Crippen LogP contribution >= 0.6 is 0 Å². The van der Waals surface area contributed by atoms with Crippen LogP contribution < -0.4 is 5.32 Å². The molecule has 0 saturated carbocycles. The van der Waals surface area contributed by atoms with Gasteiger partial charge in [0.2, 0.25) is 0 Å². The Morgan fingerprint density at radius 3 is 3.11 bits per heavy atom. The lowest BCUT2D eigenvalue weighted by Gasteiger charge is -2.10. The van der Waals surface area contributed by atoms with Gasteiger partial charge in [-0.2, -0.15) is 0 Å². The Balaban J connectivity index is 2.53. The molecule has 4 heteroatoms. The van der Waals surface area contributed by atoms with Gasteiger partial charge in [0.1, 0.15) is 5.84 Å². The highest BCUT2D eigenvalue weighted by Gasteiger charge is 2.09. The lowest BCUT2D eigenvalue weighted by Crippen LogP contribution is -2.36. The van der Waals surface area contributed by atoms with Crippen molar-refractivity contribution in [1.82, 2.24) is 5.32 Å². The number of hydrogen-bond acceptors (Lipinski definition) is 3. The molecule has 1 aliphatic rings. The number of carbonyl (C=O) groups is 1. The summed E-state index contributed by atoms with van der Waals surface area (Å²) in [4.78, 5) is 15.1. The van der Waals surface area contributed by atoms with Gasteiger partial charge in [-0.1, -0.05) is 12.1 Å². The number of hydrogen-bond donors (Lipinski definition) is 1. The first-order valence-electron chi connectivity index (χ1n) is 2.81. The van der Waals surface area contributed by atoms with Crippen LogP contribution in [0.2, 0.25) is 0 Å². The van der Waals surface area contributed by atoms with E-state index < -0.39 is 0 Å². The molecule has 1 aliphatic heterocycles. The lowest BCUT2D eigenvalue weighted by molar-refractivity contribution is -0.125. The fraction of sp³-hybridized carbons (Fsp3) is 0.600. The van der Waals surface area contributed by atoms with Crippen LogP contribution in [0.1, 0.15) is 13.3 Å². The van der Waals surface area contributed by atoms with Gasteiger partial charge in [-0.05, 0) is 0 Å². The fourth-order valence-electron chi connectivity index (χ4n) is 0.542. The minimum Gasteiger partial charge on any atom is -0.384 e. The summed E-state index contributed by atoms with van der Waals surface area (Å²) in [6, 6.07) is 0. The summed E-state index contributed by atoms with van der Waals surface area (Å²) in [7, 11) is 0. The molecule has 0 aromatic carbocycles. The maximum atomic E-state index is 10.5. The SMILES string of the molecule is CCC1=NOCC(=O)N1. The number of amidine groups is 1. The molecule has 1 N–H and O–H groups in total. The van der Waals surface area contributed by atoms with E-state index in [2.05, 4.69) is 15.3 Å². The van der Waals surface area contributed by atoms with Gasteiger partial charge in [0.25, 0.3) is 5.91 Å². The number of nitrogens with one attached hydrogen (secondary N) is 1. The summed E-state index contributed by atoms with van der Waals surface area (Å²) in [5.41, 5.74) is 0. The standard InChI is InChI=1S/C5H8N2O2/c1-2-4-6-5(8)3-9-7-4/h2-3H2,1H3,(H,6,7,8). The predicted octanol–water partition coefficient (Wildman–Crippen LogP) is -0.144. The van der Waals surface area contributed by atoms with Gasteiger partial charge in [0.15, 0.2) is 6.61 Å². The molecule has 0 spiro atoms. The molecule has 0 atom stereocenters. The van der Waals surface area contributed by atoms with Crippen molar-refractivity contribution >= 4 is 11.7 Å². The second kappa shape index (κ2) is 2.48. The molecule has 9 heavy (non-hydrogen) atoms. The Morgan fingerprint density at radius 1 is 1.89 bits per heavy atom. The van der Waals surface area contributed by atoms with Crippen LogP contribution in [-0.2, 0) is 9.63 Å². The Bertz CT molecular complexity index is 153. The molecule has 1 amide bonds. The smallest absolute Gasteiger partial charge is 0.266 e. The van der Waals surface area contributed by atoms with Crippen LogP contribution in [0, 0.1) is 0 Å². The molecule has 0 aliphatic carbocycles. The quantitative estimate of drug-likeness (QED) is 0.534. The first-order valence-corrected chi connectivity index (χ1v) is 2.81. The Kier molecular flexibility index (Phi) is 1.67. The van der Waals surface area contributed by atoms with Gasteiger partial charge in [-0.3, -0.25) is 4.79 Å². The van der Waals surface area contributed by atoms with E-state index in [1.54, 1.807) is 0 Å². The average molecular weight is 128 g/mol. The number of amides is 1. The number of nitrogens with zero attached hydrogens (tertiary/aromatic N) is 1. The van der Waals surface area contributed by atoms with Crippen molar-refractivity contribution in [1.29, 1.82) is 0 Å². The van der Waals surface area contributed by atoms with Crippen LogP contribution in [0.3, 0.4) is 0 Å². The van der Waals surface area contributed by atoms with Crippen molar-refractivity contribution in [2.75, 3.05) is 6.61 Å². The summed E-state index contributed by atoms with van der Waals surface area (Å²) >= 11 is 0. The molecular weight excluding hydrogens is 120 g/mol. The van der Waals surface area contributed by atoms with E-state index in [-0.39, 0.29) is 12.5 Å². The molecule has 0 unspecified atom stereocenters. The molecule has 1 rings (SSSR count). The molecule has 0 radical (unpaired) electrons. The zero-order valence-corrected chi connectivity index (χ0v) is 5.18.